The number of nitrogens with zero attached hydrogens (tertiary/aromatic N) is 3. The zero-order valence-corrected chi connectivity index (χ0v) is 20.0. The molecule has 0 amide bonds. The van der Waals surface area contributed by atoms with E-state index in [2.05, 4.69) is 79.5 Å². The van der Waals surface area contributed by atoms with Gasteiger partial charge in [0.1, 0.15) is 0 Å². The normalized spacial score (nSPS) is 16.4. The van der Waals surface area contributed by atoms with Gasteiger partial charge in [0.15, 0.2) is 5.11 Å². The van der Waals surface area contributed by atoms with Gasteiger partial charge in [0.25, 0.3) is 5.89 Å². The predicted octanol–water partition coefficient (Wildman–Crippen LogP) is 6.21. The van der Waals surface area contributed by atoms with E-state index < -0.39 is 0 Å². The Bertz CT molecular complexity index is 1120. The smallest absolute Gasteiger partial charge is 0.258 e. The van der Waals surface area contributed by atoms with Crippen LogP contribution in [0.5, 0.6) is 0 Å². The molecule has 3 aromatic rings. The van der Waals surface area contributed by atoms with E-state index in [0.717, 1.165) is 40.5 Å². The van der Waals surface area contributed by atoms with Crippen LogP contribution in [0.25, 0.3) is 17.0 Å². The molecular formula is C26H30N4OS. The maximum Gasteiger partial charge on any atom is 0.258 e. The largest absolute Gasteiger partial charge is 0.351 e. The van der Waals surface area contributed by atoms with Crippen LogP contribution in [0.15, 0.2) is 58.8 Å². The lowest BCUT2D eigenvalue weighted by Crippen LogP contribution is -2.46. The molecule has 6 heteroatoms. The minimum atomic E-state index is -0.142. The van der Waals surface area contributed by atoms with Crippen molar-refractivity contribution in [3.8, 4) is 11.4 Å². The topological polar surface area (TPSA) is 54.2 Å². The first-order chi connectivity index (χ1) is 15.5. The zero-order chi connectivity index (χ0) is 22.7. The van der Waals surface area contributed by atoms with Crippen LogP contribution >= 0.6 is 12.2 Å². The molecule has 1 aliphatic rings. The molecule has 0 saturated heterocycles. The number of allylic oxidation sites excluding steroid dienone is 1. The zero-order valence-electron chi connectivity index (χ0n) is 19.2. The second-order valence-corrected chi connectivity index (χ2v) is 8.83. The lowest BCUT2D eigenvalue weighted by molar-refractivity contribution is 0.395. The van der Waals surface area contributed by atoms with E-state index in [9.17, 15) is 0 Å². The minimum Gasteiger partial charge on any atom is -0.351 e. The van der Waals surface area contributed by atoms with Crippen molar-refractivity contribution in [2.45, 2.75) is 53.0 Å². The van der Waals surface area contributed by atoms with Crippen LogP contribution in [0, 0.1) is 13.8 Å². The Morgan fingerprint density at radius 1 is 0.969 bits per heavy atom. The van der Waals surface area contributed by atoms with E-state index in [0.29, 0.717) is 11.7 Å². The van der Waals surface area contributed by atoms with Gasteiger partial charge in [-0.2, -0.15) is 4.98 Å². The molecule has 166 valence electrons. The molecule has 1 atom stereocenters. The van der Waals surface area contributed by atoms with Gasteiger partial charge in [-0.05, 0) is 45.0 Å². The van der Waals surface area contributed by atoms with Crippen LogP contribution in [0.1, 0.15) is 61.7 Å². The van der Waals surface area contributed by atoms with Crippen molar-refractivity contribution < 1.29 is 4.52 Å². The van der Waals surface area contributed by atoms with Gasteiger partial charge in [-0.25, -0.2) is 0 Å². The molecule has 2 aromatic carbocycles. The number of aromatic nitrogens is 2. The number of nitrogens with one attached hydrogen (secondary N) is 1. The molecule has 1 unspecified atom stereocenters. The number of rotatable bonds is 7. The highest BCUT2D eigenvalue weighted by Gasteiger charge is 2.33. The summed E-state index contributed by atoms with van der Waals surface area (Å²) >= 11 is 5.77. The van der Waals surface area contributed by atoms with Crippen molar-refractivity contribution in [1.29, 1.82) is 0 Å². The summed E-state index contributed by atoms with van der Waals surface area (Å²) in [5.74, 6) is 1.12. The van der Waals surface area contributed by atoms with Crippen LogP contribution in [0.3, 0.4) is 0 Å². The van der Waals surface area contributed by atoms with Crippen LogP contribution < -0.4 is 5.32 Å². The van der Waals surface area contributed by atoms with Crippen LogP contribution in [-0.2, 0) is 0 Å². The molecule has 0 saturated carbocycles. The van der Waals surface area contributed by atoms with Gasteiger partial charge >= 0.3 is 0 Å². The van der Waals surface area contributed by atoms with Crippen LogP contribution in [0.2, 0.25) is 0 Å². The summed E-state index contributed by atoms with van der Waals surface area (Å²) in [4.78, 5) is 6.96. The first-order valence-corrected chi connectivity index (χ1v) is 11.6. The monoisotopic (exact) mass is 446 g/mol. The first-order valence-electron chi connectivity index (χ1n) is 11.2. The van der Waals surface area contributed by atoms with Gasteiger partial charge in [0.05, 0.1) is 11.6 Å². The fraction of sp³-hybridized carbons (Fsp3) is 0.346. The molecule has 4 rings (SSSR count). The summed E-state index contributed by atoms with van der Waals surface area (Å²) in [6.45, 7) is 9.33. The molecule has 1 N–H and O–H groups in total. The average molecular weight is 447 g/mol. The maximum atomic E-state index is 5.81. The quantitative estimate of drug-likeness (QED) is 0.344. The molecule has 0 radical (unpaired) electrons. The maximum absolute atomic E-state index is 5.81. The third kappa shape index (κ3) is 4.60. The third-order valence-corrected chi connectivity index (χ3v) is 6.30. The van der Waals surface area contributed by atoms with Gasteiger partial charge in [-0.15, -0.1) is 0 Å². The number of hydrogen-bond donors (Lipinski definition) is 1. The highest BCUT2D eigenvalue weighted by Crippen LogP contribution is 2.37. The molecule has 0 fully saturated rings. The van der Waals surface area contributed by atoms with Gasteiger partial charge in [0, 0.05) is 17.8 Å². The third-order valence-electron chi connectivity index (χ3n) is 5.96. The lowest BCUT2D eigenvalue weighted by Gasteiger charge is -2.37. The number of unbranched alkanes of at least 4 members (excludes halogenated alkanes) is 2. The van der Waals surface area contributed by atoms with Crippen LogP contribution in [0.4, 0.5) is 0 Å². The highest BCUT2D eigenvalue weighted by molar-refractivity contribution is 7.80. The molecule has 5 nitrogen and oxygen atoms in total. The van der Waals surface area contributed by atoms with Crippen molar-refractivity contribution in [3.05, 3.63) is 76.8 Å². The number of hydrogen-bond acceptors (Lipinski definition) is 4. The molecule has 1 aliphatic heterocycles. The summed E-state index contributed by atoms with van der Waals surface area (Å²) in [7, 11) is 0. The molecule has 0 aliphatic carbocycles. The number of thiocarbonyl (C=S) groups is 1. The van der Waals surface area contributed by atoms with Crippen molar-refractivity contribution in [2.24, 2.45) is 0 Å². The molecule has 0 spiro atoms. The Morgan fingerprint density at radius 3 is 2.28 bits per heavy atom. The molecular weight excluding hydrogens is 416 g/mol. The Hall–Kier alpha value is -2.99. The Labute approximate surface area is 195 Å². The van der Waals surface area contributed by atoms with Crippen molar-refractivity contribution in [1.82, 2.24) is 20.4 Å². The van der Waals surface area contributed by atoms with Crippen molar-refractivity contribution in [3.63, 3.8) is 0 Å². The van der Waals surface area contributed by atoms with Crippen LogP contribution in [-0.4, -0.2) is 26.7 Å². The molecule has 0 bridgehead atoms. The first kappa shape index (κ1) is 22.2. The standard InChI is InChI=1S/C26H30N4OS/c1-5-6-7-16-30-19(4)22(23(27-26(30)32)20-12-8-17(2)9-13-20)25-28-24(29-31-25)21-14-10-18(3)11-15-21/h8-15,23H,5-7,16H2,1-4H3,(H,27,32). The van der Waals surface area contributed by atoms with E-state index >= 15 is 0 Å². The second kappa shape index (κ2) is 9.65. The summed E-state index contributed by atoms with van der Waals surface area (Å²) in [6, 6.07) is 16.5. The van der Waals surface area contributed by atoms with Gasteiger partial charge in [-0.3, -0.25) is 0 Å². The fourth-order valence-corrected chi connectivity index (χ4v) is 4.36. The van der Waals surface area contributed by atoms with Gasteiger partial charge in [0.2, 0.25) is 5.82 Å². The SMILES string of the molecule is CCCCCN1C(=S)NC(c2ccc(C)cc2)C(c2nc(-c3ccc(C)cc3)no2)=C1C. The molecule has 1 aromatic heterocycles. The van der Waals surface area contributed by atoms with E-state index in [1.165, 1.54) is 24.0 Å². The molecule has 32 heavy (non-hydrogen) atoms. The Morgan fingerprint density at radius 2 is 1.62 bits per heavy atom. The van der Waals surface area contributed by atoms with E-state index in [1.807, 2.05) is 12.1 Å². The summed E-state index contributed by atoms with van der Waals surface area (Å²) < 4.78 is 5.81. The minimum absolute atomic E-state index is 0.142. The van der Waals surface area contributed by atoms with Gasteiger partial charge < -0.3 is 14.7 Å². The summed E-state index contributed by atoms with van der Waals surface area (Å²) in [5, 5.41) is 8.57. The summed E-state index contributed by atoms with van der Waals surface area (Å²) in [6.07, 6.45) is 3.41. The number of benzene rings is 2. The Kier molecular flexibility index (Phi) is 6.70. The summed E-state index contributed by atoms with van der Waals surface area (Å²) in [5.41, 5.74) is 6.52. The Balaban J connectivity index is 1.76. The lowest BCUT2D eigenvalue weighted by atomic mass is 9.94. The van der Waals surface area contributed by atoms with E-state index in [4.69, 9.17) is 21.7 Å². The highest BCUT2D eigenvalue weighted by atomic mass is 32.1. The molecule has 2 heterocycles. The fourth-order valence-electron chi connectivity index (χ4n) is 4.01. The average Bonchev–Trinajstić information content (AvgIpc) is 3.26. The van der Waals surface area contributed by atoms with E-state index in [-0.39, 0.29) is 6.04 Å². The second-order valence-electron chi connectivity index (χ2n) is 8.44. The predicted molar refractivity (Wildman–Crippen MR) is 133 cm³/mol. The van der Waals surface area contributed by atoms with Gasteiger partial charge in [-0.1, -0.05) is 84.6 Å². The van der Waals surface area contributed by atoms with Crippen molar-refractivity contribution >= 4 is 22.9 Å². The van der Waals surface area contributed by atoms with Crippen molar-refractivity contribution in [2.75, 3.05) is 6.54 Å². The van der Waals surface area contributed by atoms with E-state index in [1.54, 1.807) is 0 Å². The number of aryl methyl sites for hydroxylation is 2.